The van der Waals surface area contributed by atoms with E-state index in [4.69, 9.17) is 4.74 Å². The Labute approximate surface area is 115 Å². The Morgan fingerprint density at radius 3 is 2.84 bits per heavy atom. The van der Waals surface area contributed by atoms with Crippen LogP contribution in [0.5, 0.6) is 5.88 Å². The van der Waals surface area contributed by atoms with Gasteiger partial charge < -0.3 is 15.4 Å². The molecule has 19 heavy (non-hydrogen) atoms. The number of ether oxygens (including phenoxy) is 1. The first-order valence-electron chi connectivity index (χ1n) is 6.66. The van der Waals surface area contributed by atoms with Crippen molar-refractivity contribution in [1.82, 2.24) is 15.6 Å². The van der Waals surface area contributed by atoms with Crippen molar-refractivity contribution in [3.05, 3.63) is 23.9 Å². The lowest BCUT2D eigenvalue weighted by atomic mass is 10.2. The first-order valence-corrected chi connectivity index (χ1v) is 6.66. The number of guanidine groups is 1. The molecule has 0 radical (unpaired) electrons. The van der Waals surface area contributed by atoms with Crippen molar-refractivity contribution >= 4 is 5.96 Å². The van der Waals surface area contributed by atoms with Gasteiger partial charge in [0.25, 0.3) is 0 Å². The van der Waals surface area contributed by atoms with Gasteiger partial charge >= 0.3 is 0 Å². The molecule has 0 saturated heterocycles. The molecule has 1 aromatic rings. The van der Waals surface area contributed by atoms with Crippen LogP contribution in [0.2, 0.25) is 0 Å². The van der Waals surface area contributed by atoms with Crippen molar-refractivity contribution in [2.75, 3.05) is 20.2 Å². The van der Waals surface area contributed by atoms with Crippen LogP contribution in [0.1, 0.15) is 26.3 Å². The second kappa shape index (κ2) is 8.34. The van der Waals surface area contributed by atoms with E-state index >= 15 is 0 Å². The summed E-state index contributed by atoms with van der Waals surface area (Å²) in [6.45, 7) is 8.76. The monoisotopic (exact) mass is 264 g/mol. The highest BCUT2D eigenvalue weighted by Crippen LogP contribution is 2.09. The Morgan fingerprint density at radius 1 is 1.42 bits per heavy atom. The summed E-state index contributed by atoms with van der Waals surface area (Å²) in [6, 6.07) is 3.84. The highest BCUT2D eigenvalue weighted by molar-refractivity contribution is 5.79. The quantitative estimate of drug-likeness (QED) is 0.607. The third kappa shape index (κ3) is 6.08. The van der Waals surface area contributed by atoms with Crippen molar-refractivity contribution in [1.29, 1.82) is 0 Å². The van der Waals surface area contributed by atoms with Crippen molar-refractivity contribution in [2.45, 2.75) is 27.3 Å². The Balaban J connectivity index is 2.62. The Hall–Kier alpha value is -1.78. The van der Waals surface area contributed by atoms with E-state index < -0.39 is 0 Å². The van der Waals surface area contributed by atoms with E-state index in [2.05, 4.69) is 41.4 Å². The fourth-order valence-corrected chi connectivity index (χ4v) is 1.47. The molecule has 2 N–H and O–H groups in total. The van der Waals surface area contributed by atoms with Crippen LogP contribution < -0.4 is 15.4 Å². The van der Waals surface area contributed by atoms with E-state index in [1.54, 1.807) is 13.3 Å². The molecule has 106 valence electrons. The standard InChI is InChI=1S/C14H24N4O/c1-5-15-14(17-9-11(2)3)18-10-12-6-7-16-13(8-12)19-4/h6-8,11H,5,9-10H2,1-4H3,(H2,15,17,18). The Kier molecular flexibility index (Phi) is 6.71. The molecule has 0 spiro atoms. The summed E-state index contributed by atoms with van der Waals surface area (Å²) in [7, 11) is 1.61. The Morgan fingerprint density at radius 2 is 2.21 bits per heavy atom. The molecular weight excluding hydrogens is 240 g/mol. The van der Waals surface area contributed by atoms with Crippen LogP contribution in [-0.4, -0.2) is 31.1 Å². The van der Waals surface area contributed by atoms with Gasteiger partial charge in [0.05, 0.1) is 13.7 Å². The van der Waals surface area contributed by atoms with Gasteiger partial charge in [0.15, 0.2) is 5.96 Å². The maximum Gasteiger partial charge on any atom is 0.213 e. The maximum atomic E-state index is 5.10. The van der Waals surface area contributed by atoms with Gasteiger partial charge in [0.1, 0.15) is 0 Å². The van der Waals surface area contributed by atoms with Crippen molar-refractivity contribution in [3.8, 4) is 5.88 Å². The minimum absolute atomic E-state index is 0.588. The first kappa shape index (κ1) is 15.3. The van der Waals surface area contributed by atoms with Gasteiger partial charge in [-0.05, 0) is 24.5 Å². The van der Waals surface area contributed by atoms with Crippen LogP contribution in [0.3, 0.4) is 0 Å². The van der Waals surface area contributed by atoms with Crippen LogP contribution in [0.25, 0.3) is 0 Å². The molecule has 0 unspecified atom stereocenters. The van der Waals surface area contributed by atoms with E-state index in [1.165, 1.54) is 0 Å². The number of methoxy groups -OCH3 is 1. The number of nitrogens with one attached hydrogen (secondary N) is 2. The molecule has 0 bridgehead atoms. The molecule has 1 heterocycles. The van der Waals surface area contributed by atoms with E-state index in [1.807, 2.05) is 12.1 Å². The molecular formula is C14H24N4O. The molecule has 0 atom stereocenters. The minimum atomic E-state index is 0.588. The molecule has 1 rings (SSSR count). The Bertz CT molecular complexity index is 404. The smallest absolute Gasteiger partial charge is 0.213 e. The zero-order valence-corrected chi connectivity index (χ0v) is 12.2. The van der Waals surface area contributed by atoms with Crippen molar-refractivity contribution in [3.63, 3.8) is 0 Å². The molecule has 0 aromatic carbocycles. The molecule has 1 aromatic heterocycles. The number of aromatic nitrogens is 1. The predicted molar refractivity (Wildman–Crippen MR) is 78.4 cm³/mol. The summed E-state index contributed by atoms with van der Waals surface area (Å²) >= 11 is 0. The minimum Gasteiger partial charge on any atom is -0.481 e. The normalized spacial score (nSPS) is 11.5. The molecule has 0 aliphatic heterocycles. The first-order chi connectivity index (χ1) is 9.15. The summed E-state index contributed by atoms with van der Waals surface area (Å²) < 4.78 is 5.10. The van der Waals surface area contributed by atoms with Gasteiger partial charge in [-0.15, -0.1) is 0 Å². The van der Waals surface area contributed by atoms with Crippen LogP contribution in [0.4, 0.5) is 0 Å². The molecule has 5 nitrogen and oxygen atoms in total. The molecule has 0 fully saturated rings. The third-order valence-electron chi connectivity index (χ3n) is 2.45. The molecule has 0 amide bonds. The average molecular weight is 264 g/mol. The second-order valence-corrected chi connectivity index (χ2v) is 4.68. The summed E-state index contributed by atoms with van der Waals surface area (Å²) in [5, 5.41) is 6.54. The van der Waals surface area contributed by atoms with E-state index in [0.29, 0.717) is 18.3 Å². The lowest BCUT2D eigenvalue weighted by molar-refractivity contribution is 0.397. The molecule has 0 saturated carbocycles. The van der Waals surface area contributed by atoms with Crippen LogP contribution in [-0.2, 0) is 6.54 Å². The topological polar surface area (TPSA) is 58.5 Å². The van der Waals surface area contributed by atoms with Crippen LogP contribution in [0, 0.1) is 5.92 Å². The fraction of sp³-hybridized carbons (Fsp3) is 0.571. The van der Waals surface area contributed by atoms with Gasteiger partial charge in [0.2, 0.25) is 5.88 Å². The number of pyridine rings is 1. The maximum absolute atomic E-state index is 5.10. The van der Waals surface area contributed by atoms with Gasteiger partial charge in [-0.1, -0.05) is 13.8 Å². The predicted octanol–water partition coefficient (Wildman–Crippen LogP) is 1.80. The number of rotatable bonds is 6. The van der Waals surface area contributed by atoms with Crippen LogP contribution in [0.15, 0.2) is 23.3 Å². The van der Waals surface area contributed by atoms with E-state index in [-0.39, 0.29) is 0 Å². The molecule has 5 heteroatoms. The van der Waals surface area contributed by atoms with Gasteiger partial charge in [0, 0.05) is 25.4 Å². The molecule has 0 aliphatic carbocycles. The van der Waals surface area contributed by atoms with Gasteiger partial charge in [-0.25, -0.2) is 9.98 Å². The second-order valence-electron chi connectivity index (χ2n) is 4.68. The number of hydrogen-bond donors (Lipinski definition) is 2. The largest absolute Gasteiger partial charge is 0.481 e. The van der Waals surface area contributed by atoms with Gasteiger partial charge in [-0.3, -0.25) is 0 Å². The van der Waals surface area contributed by atoms with E-state index in [0.717, 1.165) is 24.6 Å². The van der Waals surface area contributed by atoms with Crippen LogP contribution >= 0.6 is 0 Å². The SMILES string of the molecule is CCNC(=NCc1ccnc(OC)c1)NCC(C)C. The molecule has 0 aliphatic rings. The number of aliphatic imine (C=N–C) groups is 1. The summed E-state index contributed by atoms with van der Waals surface area (Å²) in [5.41, 5.74) is 1.08. The third-order valence-corrected chi connectivity index (χ3v) is 2.45. The average Bonchev–Trinajstić information content (AvgIpc) is 2.42. The lowest BCUT2D eigenvalue weighted by Crippen LogP contribution is -2.39. The number of hydrogen-bond acceptors (Lipinski definition) is 3. The summed E-state index contributed by atoms with van der Waals surface area (Å²) in [5.74, 6) is 2.05. The zero-order valence-electron chi connectivity index (χ0n) is 12.2. The van der Waals surface area contributed by atoms with Crippen molar-refractivity contribution < 1.29 is 4.74 Å². The lowest BCUT2D eigenvalue weighted by Gasteiger charge is -2.13. The zero-order chi connectivity index (χ0) is 14.1. The van der Waals surface area contributed by atoms with E-state index in [9.17, 15) is 0 Å². The summed E-state index contributed by atoms with van der Waals surface area (Å²) in [6.07, 6.45) is 1.73. The highest BCUT2D eigenvalue weighted by atomic mass is 16.5. The number of nitrogens with zero attached hydrogens (tertiary/aromatic N) is 2. The fourth-order valence-electron chi connectivity index (χ4n) is 1.47. The van der Waals surface area contributed by atoms with Gasteiger partial charge in [-0.2, -0.15) is 0 Å². The van der Waals surface area contributed by atoms with Crippen molar-refractivity contribution in [2.24, 2.45) is 10.9 Å². The highest BCUT2D eigenvalue weighted by Gasteiger charge is 2.00. The summed E-state index contributed by atoms with van der Waals surface area (Å²) in [4.78, 5) is 8.62.